The molecule has 0 aliphatic heterocycles. The number of H-pyrrole nitrogens is 1. The third kappa shape index (κ3) is 4.40. The molecule has 0 saturated heterocycles. The Kier molecular flexibility index (Phi) is 5.48. The Bertz CT molecular complexity index is 723. The second kappa shape index (κ2) is 7.55. The zero-order chi connectivity index (χ0) is 16.8. The van der Waals surface area contributed by atoms with E-state index < -0.39 is 18.0 Å². The molecule has 4 N–H and O–H groups in total. The van der Waals surface area contributed by atoms with Crippen LogP contribution < -0.4 is 16.0 Å². The topological polar surface area (TPSA) is 108 Å². The number of nitrogens with zero attached hydrogens (tertiary/aromatic N) is 1. The highest BCUT2D eigenvalue weighted by molar-refractivity contribution is 6.31. The number of ether oxygens (including phenoxy) is 1. The number of hydrogen-bond donors (Lipinski definition) is 2. The molecule has 1 amide bonds. The highest BCUT2D eigenvalue weighted by Crippen LogP contribution is 2.14. The number of esters is 1. The van der Waals surface area contributed by atoms with Crippen molar-refractivity contribution in [1.82, 2.24) is 10.3 Å². The van der Waals surface area contributed by atoms with E-state index in [0.717, 1.165) is 5.56 Å². The average molecular weight is 336 g/mol. The lowest BCUT2D eigenvalue weighted by Crippen LogP contribution is -2.36. The Morgan fingerprint density at radius 2 is 2.17 bits per heavy atom. The van der Waals surface area contributed by atoms with Gasteiger partial charge >= 0.3 is 11.8 Å². The minimum atomic E-state index is -0.994. The lowest BCUT2D eigenvalue weighted by atomic mass is 10.2. The van der Waals surface area contributed by atoms with E-state index in [2.05, 4.69) is 15.3 Å². The smallest absolute Gasteiger partial charge is 0.366 e. The highest BCUT2D eigenvalue weighted by atomic mass is 35.5. The van der Waals surface area contributed by atoms with Gasteiger partial charge in [-0.15, -0.1) is 0 Å². The number of aromatic nitrogens is 2. The molecular weight excluding hydrogens is 320 g/mol. The van der Waals surface area contributed by atoms with Crippen LogP contribution in [-0.4, -0.2) is 23.0 Å². The molecule has 0 spiro atoms. The number of amides is 1. The van der Waals surface area contributed by atoms with Crippen LogP contribution >= 0.6 is 11.6 Å². The standard InChI is InChI=1S/C15H15ClN4O3/c1-9(23-15(22)12-13(17)19-7-6-18-12)14(21)20-8-10-4-2-3-5-11(10)16/h2-7,9H,8H2,1H3,(H2,17,19)(H,20,21)/p+1/t9-/m1/s1. The van der Waals surface area contributed by atoms with Crippen molar-refractivity contribution in [1.29, 1.82) is 0 Å². The Balaban J connectivity index is 1.91. The molecule has 0 aliphatic rings. The third-order valence-corrected chi connectivity index (χ3v) is 3.40. The molecule has 0 bridgehead atoms. The summed E-state index contributed by atoms with van der Waals surface area (Å²) in [6.07, 6.45) is 1.85. The normalized spacial score (nSPS) is 11.6. The van der Waals surface area contributed by atoms with Gasteiger partial charge in [-0.1, -0.05) is 29.8 Å². The SMILES string of the molecule is C[C@@H](OC(=O)c1ncc[nH+]c1N)C(=O)NCc1ccccc1Cl. The zero-order valence-electron chi connectivity index (χ0n) is 12.4. The number of carbonyl (C=O) groups is 2. The van der Waals surface area contributed by atoms with Gasteiger partial charge in [0.05, 0.1) is 6.20 Å². The van der Waals surface area contributed by atoms with Crippen LogP contribution in [0.15, 0.2) is 36.7 Å². The van der Waals surface area contributed by atoms with Crippen molar-refractivity contribution in [3.63, 3.8) is 0 Å². The number of aromatic amines is 1. The summed E-state index contributed by atoms with van der Waals surface area (Å²) in [5.41, 5.74) is 6.29. The summed E-state index contributed by atoms with van der Waals surface area (Å²) in [5.74, 6) is -1.15. The van der Waals surface area contributed by atoms with Gasteiger partial charge in [0, 0.05) is 11.6 Å². The summed E-state index contributed by atoms with van der Waals surface area (Å²) >= 11 is 6.01. The number of anilines is 1. The molecule has 23 heavy (non-hydrogen) atoms. The van der Waals surface area contributed by atoms with E-state index in [0.29, 0.717) is 5.02 Å². The first-order chi connectivity index (χ1) is 11.0. The van der Waals surface area contributed by atoms with Crippen molar-refractivity contribution in [2.24, 2.45) is 0 Å². The average Bonchev–Trinajstić information content (AvgIpc) is 2.54. The molecule has 1 atom stereocenters. The first-order valence-corrected chi connectivity index (χ1v) is 7.21. The van der Waals surface area contributed by atoms with Gasteiger partial charge in [0.1, 0.15) is 6.20 Å². The Hall–Kier alpha value is -2.67. The summed E-state index contributed by atoms with van der Waals surface area (Å²) in [5, 5.41) is 3.20. The molecular formula is C15H16ClN4O3+. The van der Waals surface area contributed by atoms with Crippen LogP contribution in [0, 0.1) is 0 Å². The maximum absolute atomic E-state index is 12.0. The van der Waals surface area contributed by atoms with Gasteiger partial charge in [-0.2, -0.15) is 0 Å². The van der Waals surface area contributed by atoms with E-state index in [-0.39, 0.29) is 18.1 Å². The Labute approximate surface area is 137 Å². The summed E-state index contributed by atoms with van der Waals surface area (Å²) < 4.78 is 5.05. The van der Waals surface area contributed by atoms with Gasteiger partial charge in [0.15, 0.2) is 6.10 Å². The van der Waals surface area contributed by atoms with Crippen molar-refractivity contribution in [3.8, 4) is 0 Å². The second-order valence-electron chi connectivity index (χ2n) is 4.71. The predicted octanol–water partition coefficient (Wildman–Crippen LogP) is 0.993. The molecule has 7 nitrogen and oxygen atoms in total. The molecule has 1 aromatic carbocycles. The molecule has 1 heterocycles. The monoisotopic (exact) mass is 335 g/mol. The highest BCUT2D eigenvalue weighted by Gasteiger charge is 2.23. The maximum Gasteiger partial charge on any atom is 0.366 e. The van der Waals surface area contributed by atoms with Crippen LogP contribution in [0.1, 0.15) is 23.0 Å². The third-order valence-electron chi connectivity index (χ3n) is 3.03. The molecule has 1 aromatic heterocycles. The van der Waals surface area contributed by atoms with Gasteiger partial charge in [-0.25, -0.2) is 14.8 Å². The number of halogens is 1. The van der Waals surface area contributed by atoms with Crippen LogP contribution in [0.5, 0.6) is 0 Å². The van der Waals surface area contributed by atoms with E-state index >= 15 is 0 Å². The van der Waals surface area contributed by atoms with Gasteiger partial charge in [-0.05, 0) is 18.6 Å². The lowest BCUT2D eigenvalue weighted by molar-refractivity contribution is -0.361. The first-order valence-electron chi connectivity index (χ1n) is 6.83. The maximum atomic E-state index is 12.0. The first kappa shape index (κ1) is 16.7. The van der Waals surface area contributed by atoms with Crippen molar-refractivity contribution in [2.75, 3.05) is 5.73 Å². The molecule has 0 aliphatic carbocycles. The molecule has 0 saturated carbocycles. The van der Waals surface area contributed by atoms with Crippen molar-refractivity contribution in [3.05, 3.63) is 52.9 Å². The van der Waals surface area contributed by atoms with E-state index in [9.17, 15) is 9.59 Å². The molecule has 0 fully saturated rings. The number of nitrogens with one attached hydrogen (secondary N) is 2. The molecule has 2 aromatic rings. The van der Waals surface area contributed by atoms with Crippen molar-refractivity contribution >= 4 is 29.3 Å². The number of rotatable bonds is 5. The van der Waals surface area contributed by atoms with E-state index in [1.807, 2.05) is 6.07 Å². The van der Waals surface area contributed by atoms with Gasteiger partial charge in [0.25, 0.3) is 5.91 Å². The van der Waals surface area contributed by atoms with Crippen LogP contribution in [0.25, 0.3) is 0 Å². The molecule has 0 unspecified atom stereocenters. The van der Waals surface area contributed by atoms with Crippen LogP contribution in [-0.2, 0) is 16.1 Å². The van der Waals surface area contributed by atoms with Gasteiger partial charge in [-0.3, -0.25) is 10.5 Å². The summed E-state index contributed by atoms with van der Waals surface area (Å²) in [6.45, 7) is 1.70. The van der Waals surface area contributed by atoms with Crippen molar-refractivity contribution < 1.29 is 19.3 Å². The molecule has 0 radical (unpaired) electrons. The Morgan fingerprint density at radius 1 is 1.43 bits per heavy atom. The van der Waals surface area contributed by atoms with Crippen LogP contribution in [0.2, 0.25) is 5.02 Å². The Morgan fingerprint density at radius 3 is 2.87 bits per heavy atom. The fourth-order valence-corrected chi connectivity index (χ4v) is 1.98. The summed E-state index contributed by atoms with van der Waals surface area (Å²) in [4.78, 5) is 30.4. The number of benzene rings is 1. The molecule has 120 valence electrons. The van der Waals surface area contributed by atoms with Gasteiger partial charge < -0.3 is 10.1 Å². The summed E-state index contributed by atoms with van der Waals surface area (Å²) in [6, 6.07) is 7.14. The van der Waals surface area contributed by atoms with E-state index in [4.69, 9.17) is 22.1 Å². The fraction of sp³-hybridized carbons (Fsp3) is 0.200. The molecule has 2 rings (SSSR count). The van der Waals surface area contributed by atoms with Crippen molar-refractivity contribution in [2.45, 2.75) is 19.6 Å². The zero-order valence-corrected chi connectivity index (χ0v) is 13.1. The second-order valence-corrected chi connectivity index (χ2v) is 5.12. The number of hydrogen-bond acceptors (Lipinski definition) is 5. The van der Waals surface area contributed by atoms with E-state index in [1.54, 1.807) is 18.2 Å². The van der Waals surface area contributed by atoms with Crippen LogP contribution in [0.4, 0.5) is 5.82 Å². The number of carbonyl (C=O) groups excluding carboxylic acids is 2. The lowest BCUT2D eigenvalue weighted by Gasteiger charge is -2.13. The predicted molar refractivity (Wildman–Crippen MR) is 83.4 cm³/mol. The van der Waals surface area contributed by atoms with Crippen LogP contribution in [0.3, 0.4) is 0 Å². The summed E-state index contributed by atoms with van der Waals surface area (Å²) in [7, 11) is 0. The largest absolute Gasteiger partial charge is 0.448 e. The molecule has 8 heteroatoms. The number of nitrogen functional groups attached to an aromatic ring is 1. The van der Waals surface area contributed by atoms with Gasteiger partial charge in [0.2, 0.25) is 5.69 Å². The minimum absolute atomic E-state index is 0.0705. The quantitative estimate of drug-likeness (QED) is 0.792. The minimum Gasteiger partial charge on any atom is -0.448 e. The number of nitrogens with two attached hydrogens (primary N) is 1. The fourth-order valence-electron chi connectivity index (χ4n) is 1.78. The van der Waals surface area contributed by atoms with E-state index in [1.165, 1.54) is 19.3 Å².